The molecule has 0 radical (unpaired) electrons. The van der Waals surface area contributed by atoms with E-state index >= 15 is 0 Å². The van der Waals surface area contributed by atoms with Gasteiger partial charge in [0, 0.05) is 25.9 Å². The number of carboxylic acids is 1. The maximum absolute atomic E-state index is 12.1. The van der Waals surface area contributed by atoms with Gasteiger partial charge < -0.3 is 15.1 Å². The largest absolute Gasteiger partial charge is 0.508 e. The van der Waals surface area contributed by atoms with Crippen LogP contribution in [-0.4, -0.2) is 40.1 Å². The number of hydrogen-bond acceptors (Lipinski definition) is 3. The SMILES string of the molecule is O=C(O)CC1CCN(C(=O)CCCc2ccc(O)cc2)CC1. The number of amides is 1. The van der Waals surface area contributed by atoms with Gasteiger partial charge in [-0.3, -0.25) is 9.59 Å². The van der Waals surface area contributed by atoms with E-state index in [0.717, 1.165) is 31.2 Å². The molecule has 1 aliphatic heterocycles. The number of nitrogens with zero attached hydrogens (tertiary/aromatic N) is 1. The van der Waals surface area contributed by atoms with Crippen LogP contribution in [0.4, 0.5) is 0 Å². The van der Waals surface area contributed by atoms with Gasteiger partial charge in [-0.25, -0.2) is 0 Å². The van der Waals surface area contributed by atoms with Gasteiger partial charge in [-0.15, -0.1) is 0 Å². The van der Waals surface area contributed by atoms with Crippen molar-refractivity contribution in [3.63, 3.8) is 0 Å². The van der Waals surface area contributed by atoms with E-state index in [1.54, 1.807) is 12.1 Å². The average Bonchev–Trinajstić information content (AvgIpc) is 2.49. The Morgan fingerprint density at radius 2 is 1.77 bits per heavy atom. The third-order valence-electron chi connectivity index (χ3n) is 4.22. The molecule has 0 aromatic heterocycles. The van der Waals surface area contributed by atoms with Gasteiger partial charge in [0.05, 0.1) is 0 Å². The molecule has 1 aromatic rings. The average molecular weight is 305 g/mol. The molecule has 0 spiro atoms. The van der Waals surface area contributed by atoms with Crippen LogP contribution < -0.4 is 0 Å². The first-order chi connectivity index (χ1) is 10.5. The Balaban J connectivity index is 1.68. The van der Waals surface area contributed by atoms with Crippen LogP contribution in [0.25, 0.3) is 0 Å². The number of likely N-dealkylation sites (tertiary alicyclic amines) is 1. The molecule has 0 atom stereocenters. The first-order valence-electron chi connectivity index (χ1n) is 7.82. The van der Waals surface area contributed by atoms with Crippen molar-refractivity contribution in [3.8, 4) is 5.75 Å². The summed E-state index contributed by atoms with van der Waals surface area (Å²) in [7, 11) is 0. The second-order valence-electron chi connectivity index (χ2n) is 5.94. The van der Waals surface area contributed by atoms with Gasteiger partial charge in [0.2, 0.25) is 5.91 Å². The molecule has 1 fully saturated rings. The summed E-state index contributed by atoms with van der Waals surface area (Å²) in [6, 6.07) is 7.06. The lowest BCUT2D eigenvalue weighted by molar-refractivity contribution is -0.138. The van der Waals surface area contributed by atoms with Crippen molar-refractivity contribution in [2.45, 2.75) is 38.5 Å². The number of carbonyl (C=O) groups is 2. The molecule has 0 bridgehead atoms. The molecule has 1 amide bonds. The molecular weight excluding hydrogens is 282 g/mol. The zero-order valence-electron chi connectivity index (χ0n) is 12.7. The minimum Gasteiger partial charge on any atom is -0.508 e. The summed E-state index contributed by atoms with van der Waals surface area (Å²) in [6.07, 6.45) is 3.92. The van der Waals surface area contributed by atoms with Gasteiger partial charge in [-0.05, 0) is 49.3 Å². The van der Waals surface area contributed by atoms with Crippen LogP contribution in [0.3, 0.4) is 0 Å². The number of rotatable bonds is 6. The Kier molecular flexibility index (Phi) is 5.81. The zero-order chi connectivity index (χ0) is 15.9. The normalized spacial score (nSPS) is 15.7. The van der Waals surface area contributed by atoms with Gasteiger partial charge in [0.15, 0.2) is 0 Å². The molecule has 2 rings (SSSR count). The van der Waals surface area contributed by atoms with Crippen molar-refractivity contribution < 1.29 is 19.8 Å². The Labute approximate surface area is 130 Å². The number of benzene rings is 1. The number of phenols is 1. The first-order valence-corrected chi connectivity index (χ1v) is 7.82. The van der Waals surface area contributed by atoms with Crippen LogP contribution in [-0.2, 0) is 16.0 Å². The van der Waals surface area contributed by atoms with Crippen molar-refractivity contribution in [1.29, 1.82) is 0 Å². The Bertz CT molecular complexity index is 504. The van der Waals surface area contributed by atoms with Gasteiger partial charge in [-0.2, -0.15) is 0 Å². The number of aromatic hydroxyl groups is 1. The van der Waals surface area contributed by atoms with Crippen molar-refractivity contribution in [1.82, 2.24) is 4.90 Å². The fraction of sp³-hybridized carbons (Fsp3) is 0.529. The summed E-state index contributed by atoms with van der Waals surface area (Å²) in [5.41, 5.74) is 1.12. The van der Waals surface area contributed by atoms with Crippen LogP contribution in [0.5, 0.6) is 5.75 Å². The molecule has 0 unspecified atom stereocenters. The second-order valence-corrected chi connectivity index (χ2v) is 5.94. The van der Waals surface area contributed by atoms with Crippen LogP contribution in [0.1, 0.15) is 37.7 Å². The number of aryl methyl sites for hydroxylation is 1. The quantitative estimate of drug-likeness (QED) is 0.846. The van der Waals surface area contributed by atoms with E-state index < -0.39 is 5.97 Å². The van der Waals surface area contributed by atoms with Crippen molar-refractivity contribution >= 4 is 11.9 Å². The van der Waals surface area contributed by atoms with Crippen molar-refractivity contribution in [2.24, 2.45) is 5.92 Å². The standard InChI is InChI=1S/C17H23NO4/c19-15-6-4-13(5-7-15)2-1-3-16(20)18-10-8-14(9-11-18)12-17(21)22/h4-7,14,19H,1-3,8-12H2,(H,21,22). The molecule has 1 aromatic carbocycles. The lowest BCUT2D eigenvalue weighted by Crippen LogP contribution is -2.38. The predicted octanol–water partition coefficient (Wildman–Crippen LogP) is 2.43. The summed E-state index contributed by atoms with van der Waals surface area (Å²) < 4.78 is 0. The minimum absolute atomic E-state index is 0.160. The minimum atomic E-state index is -0.751. The maximum Gasteiger partial charge on any atom is 0.303 e. The number of hydrogen-bond donors (Lipinski definition) is 2. The van der Waals surface area contributed by atoms with Crippen LogP contribution in [0.15, 0.2) is 24.3 Å². The maximum atomic E-state index is 12.1. The van der Waals surface area contributed by atoms with E-state index in [1.807, 2.05) is 17.0 Å². The lowest BCUT2D eigenvalue weighted by Gasteiger charge is -2.31. The van der Waals surface area contributed by atoms with E-state index in [0.29, 0.717) is 19.5 Å². The topological polar surface area (TPSA) is 77.8 Å². The first kappa shape index (κ1) is 16.3. The van der Waals surface area contributed by atoms with E-state index in [2.05, 4.69) is 0 Å². The Hall–Kier alpha value is -2.04. The molecule has 1 aliphatic rings. The molecule has 2 N–H and O–H groups in total. The number of aliphatic carboxylic acids is 1. The van der Waals surface area contributed by atoms with Crippen LogP contribution in [0, 0.1) is 5.92 Å². The Morgan fingerprint density at radius 1 is 1.14 bits per heavy atom. The molecule has 1 saturated heterocycles. The van der Waals surface area contributed by atoms with Gasteiger partial charge in [0.25, 0.3) is 0 Å². The number of piperidine rings is 1. The molecular formula is C17H23NO4. The van der Waals surface area contributed by atoms with E-state index in [9.17, 15) is 14.7 Å². The van der Waals surface area contributed by atoms with Gasteiger partial charge in [-0.1, -0.05) is 12.1 Å². The fourth-order valence-electron chi connectivity index (χ4n) is 2.90. The highest BCUT2D eigenvalue weighted by Gasteiger charge is 2.23. The molecule has 120 valence electrons. The van der Waals surface area contributed by atoms with E-state index in [1.165, 1.54) is 0 Å². The smallest absolute Gasteiger partial charge is 0.303 e. The molecule has 22 heavy (non-hydrogen) atoms. The third kappa shape index (κ3) is 5.06. The molecule has 0 saturated carbocycles. The molecule has 5 heteroatoms. The summed E-state index contributed by atoms with van der Waals surface area (Å²) in [4.78, 5) is 24.7. The number of carboxylic acid groups (broad SMARTS) is 1. The highest BCUT2D eigenvalue weighted by molar-refractivity contribution is 5.76. The highest BCUT2D eigenvalue weighted by Crippen LogP contribution is 2.21. The summed E-state index contributed by atoms with van der Waals surface area (Å²) >= 11 is 0. The Morgan fingerprint density at radius 3 is 2.36 bits per heavy atom. The highest BCUT2D eigenvalue weighted by atomic mass is 16.4. The summed E-state index contributed by atoms with van der Waals surface area (Å²) in [6.45, 7) is 1.35. The monoisotopic (exact) mass is 305 g/mol. The second kappa shape index (κ2) is 7.82. The lowest BCUT2D eigenvalue weighted by atomic mass is 9.93. The van der Waals surface area contributed by atoms with Gasteiger partial charge in [0.1, 0.15) is 5.75 Å². The summed E-state index contributed by atoms with van der Waals surface area (Å²) in [5, 5.41) is 18.0. The van der Waals surface area contributed by atoms with Crippen molar-refractivity contribution in [3.05, 3.63) is 29.8 Å². The fourth-order valence-corrected chi connectivity index (χ4v) is 2.90. The van der Waals surface area contributed by atoms with E-state index in [-0.39, 0.29) is 24.0 Å². The van der Waals surface area contributed by atoms with Crippen LogP contribution >= 0.6 is 0 Å². The van der Waals surface area contributed by atoms with E-state index in [4.69, 9.17) is 5.11 Å². The molecule has 1 heterocycles. The van der Waals surface area contributed by atoms with Crippen LogP contribution in [0.2, 0.25) is 0 Å². The zero-order valence-corrected chi connectivity index (χ0v) is 12.7. The molecule has 5 nitrogen and oxygen atoms in total. The summed E-state index contributed by atoms with van der Waals surface area (Å²) in [5.74, 6) is -0.131. The molecule has 0 aliphatic carbocycles. The number of carbonyl (C=O) groups excluding carboxylic acids is 1. The number of phenolic OH excluding ortho intramolecular Hbond substituents is 1. The van der Waals surface area contributed by atoms with Gasteiger partial charge >= 0.3 is 5.97 Å². The van der Waals surface area contributed by atoms with Crippen molar-refractivity contribution in [2.75, 3.05) is 13.1 Å². The predicted molar refractivity (Wildman–Crippen MR) is 82.6 cm³/mol. The third-order valence-corrected chi connectivity index (χ3v) is 4.22.